The third-order valence-corrected chi connectivity index (χ3v) is 1.11. The van der Waals surface area contributed by atoms with Crippen LogP contribution in [0.1, 0.15) is 6.42 Å². The van der Waals surface area contributed by atoms with Crippen LogP contribution < -0.4 is 0 Å². The van der Waals surface area contributed by atoms with Gasteiger partial charge in [-0.2, -0.15) is 0 Å². The molecule has 0 bridgehead atoms. The van der Waals surface area contributed by atoms with Gasteiger partial charge in [-0.25, -0.2) is 8.78 Å². The Bertz CT molecular complexity index is 97.0. The minimum atomic E-state index is -2.56. The third-order valence-electron chi connectivity index (χ3n) is 0.666. The topological polar surface area (TPSA) is 0 Å². The maximum atomic E-state index is 11.4. The molecular formula is C3H2F2S. The maximum Gasteiger partial charge on any atom is 0.284 e. The van der Waals surface area contributed by atoms with E-state index in [0.29, 0.717) is 0 Å². The van der Waals surface area contributed by atoms with Crippen LogP contribution in [0.4, 0.5) is 8.78 Å². The van der Waals surface area contributed by atoms with Crippen molar-refractivity contribution in [2.75, 3.05) is 0 Å². The summed E-state index contributed by atoms with van der Waals surface area (Å²) >= 11 is 4.13. The number of halogens is 2. The van der Waals surface area contributed by atoms with Crippen molar-refractivity contribution in [3.63, 3.8) is 0 Å². The molecule has 0 aromatic rings. The molecule has 0 aliphatic heterocycles. The molecule has 0 radical (unpaired) electrons. The molecular weight excluding hydrogens is 106 g/mol. The predicted octanol–water partition coefficient (Wildman–Crippen LogP) is 1.40. The molecule has 3 heteroatoms. The molecule has 0 aromatic carbocycles. The molecule has 0 saturated heterocycles. The molecule has 0 spiro atoms. The summed E-state index contributed by atoms with van der Waals surface area (Å²) in [5.74, 6) is -2.56. The normalized spacial score (nSPS) is 27.3. The van der Waals surface area contributed by atoms with Crippen LogP contribution in [-0.2, 0) is 0 Å². The van der Waals surface area contributed by atoms with E-state index in [9.17, 15) is 8.78 Å². The molecule has 1 aliphatic rings. The van der Waals surface area contributed by atoms with Gasteiger partial charge in [-0.05, 0) is 0 Å². The minimum absolute atomic E-state index is 0.0949. The predicted molar refractivity (Wildman–Crippen MR) is 22.2 cm³/mol. The second-order valence-corrected chi connectivity index (χ2v) is 1.80. The zero-order valence-electron chi connectivity index (χ0n) is 2.87. The van der Waals surface area contributed by atoms with Gasteiger partial charge in [-0.1, -0.05) is 12.2 Å². The first kappa shape index (κ1) is 4.12. The second kappa shape index (κ2) is 0.780. The molecule has 0 atom stereocenters. The quantitative estimate of drug-likeness (QED) is 0.422. The van der Waals surface area contributed by atoms with Crippen molar-refractivity contribution < 1.29 is 8.78 Å². The molecule has 0 heterocycles. The molecule has 0 amide bonds. The lowest BCUT2D eigenvalue weighted by Gasteiger charge is -1.76. The first-order chi connectivity index (χ1) is 2.63. The summed E-state index contributed by atoms with van der Waals surface area (Å²) in [5.41, 5.74) is 0. The Morgan fingerprint density at radius 3 is 1.83 bits per heavy atom. The molecule has 1 rings (SSSR count). The van der Waals surface area contributed by atoms with Gasteiger partial charge in [0.15, 0.2) is 0 Å². The van der Waals surface area contributed by atoms with E-state index in [2.05, 4.69) is 12.2 Å². The fraction of sp³-hybridized carbons (Fsp3) is 0.667. The Labute approximate surface area is 39.2 Å². The zero-order valence-corrected chi connectivity index (χ0v) is 3.69. The van der Waals surface area contributed by atoms with Crippen molar-refractivity contribution >= 4 is 17.1 Å². The number of alkyl halides is 2. The van der Waals surface area contributed by atoms with Crippen LogP contribution in [-0.4, -0.2) is 10.8 Å². The van der Waals surface area contributed by atoms with Crippen LogP contribution in [0.3, 0.4) is 0 Å². The van der Waals surface area contributed by atoms with E-state index in [4.69, 9.17) is 0 Å². The van der Waals surface area contributed by atoms with Crippen LogP contribution in [0, 0.1) is 0 Å². The number of hydrogen-bond acceptors (Lipinski definition) is 1. The summed E-state index contributed by atoms with van der Waals surface area (Å²) < 4.78 is 22.8. The Morgan fingerprint density at radius 2 is 1.83 bits per heavy atom. The van der Waals surface area contributed by atoms with Crippen LogP contribution in [0.25, 0.3) is 0 Å². The molecule has 1 aliphatic carbocycles. The highest BCUT2D eigenvalue weighted by atomic mass is 32.1. The average molecular weight is 108 g/mol. The largest absolute Gasteiger partial charge is 0.284 e. The van der Waals surface area contributed by atoms with E-state index in [1.165, 1.54) is 0 Å². The van der Waals surface area contributed by atoms with Crippen molar-refractivity contribution in [1.29, 1.82) is 0 Å². The summed E-state index contributed by atoms with van der Waals surface area (Å²) in [4.78, 5) is -0.0949. The van der Waals surface area contributed by atoms with Crippen LogP contribution in [0.2, 0.25) is 0 Å². The van der Waals surface area contributed by atoms with Crippen molar-refractivity contribution in [3.8, 4) is 0 Å². The average Bonchev–Trinajstić information content (AvgIpc) is 1.73. The third kappa shape index (κ3) is 0.429. The van der Waals surface area contributed by atoms with Crippen molar-refractivity contribution in [3.05, 3.63) is 0 Å². The lowest BCUT2D eigenvalue weighted by Crippen LogP contribution is -1.86. The van der Waals surface area contributed by atoms with Gasteiger partial charge in [-0.3, -0.25) is 0 Å². The highest BCUT2D eigenvalue weighted by molar-refractivity contribution is 7.81. The SMILES string of the molecule is FC1(F)CC1=S. The fourth-order valence-corrected chi connectivity index (χ4v) is 0.339. The van der Waals surface area contributed by atoms with Gasteiger partial charge in [0.2, 0.25) is 0 Å². The lowest BCUT2D eigenvalue weighted by molar-refractivity contribution is 0.149. The highest BCUT2D eigenvalue weighted by Crippen LogP contribution is 2.37. The lowest BCUT2D eigenvalue weighted by atomic mass is 10.8. The molecule has 6 heavy (non-hydrogen) atoms. The first-order valence-corrected chi connectivity index (χ1v) is 1.95. The molecule has 1 fully saturated rings. The van der Waals surface area contributed by atoms with Gasteiger partial charge in [0.25, 0.3) is 5.92 Å². The Balaban J connectivity index is 2.63. The monoisotopic (exact) mass is 108 g/mol. The summed E-state index contributed by atoms with van der Waals surface area (Å²) in [5, 5.41) is 0. The van der Waals surface area contributed by atoms with E-state index in [-0.39, 0.29) is 11.3 Å². The van der Waals surface area contributed by atoms with Crippen molar-refractivity contribution in [1.82, 2.24) is 0 Å². The van der Waals surface area contributed by atoms with Crippen LogP contribution in [0.5, 0.6) is 0 Å². The summed E-state index contributed by atoms with van der Waals surface area (Å²) in [6, 6.07) is 0. The van der Waals surface area contributed by atoms with E-state index in [1.807, 2.05) is 0 Å². The molecule has 0 N–H and O–H groups in total. The minimum Gasteiger partial charge on any atom is -0.200 e. The number of thiocarbonyl (C=S) groups is 1. The summed E-state index contributed by atoms with van der Waals surface area (Å²) in [7, 11) is 0. The fourth-order valence-electron chi connectivity index (χ4n) is 0.157. The van der Waals surface area contributed by atoms with Crippen molar-refractivity contribution in [2.24, 2.45) is 0 Å². The molecule has 34 valence electrons. The van der Waals surface area contributed by atoms with Crippen molar-refractivity contribution in [2.45, 2.75) is 12.3 Å². The highest BCUT2D eigenvalue weighted by Gasteiger charge is 2.51. The number of rotatable bonds is 0. The molecule has 0 nitrogen and oxygen atoms in total. The van der Waals surface area contributed by atoms with Gasteiger partial charge in [0.05, 0.1) is 11.3 Å². The van der Waals surface area contributed by atoms with Crippen LogP contribution >= 0.6 is 12.2 Å². The van der Waals surface area contributed by atoms with E-state index >= 15 is 0 Å². The zero-order chi connectivity index (χ0) is 4.78. The Morgan fingerprint density at radius 1 is 1.67 bits per heavy atom. The van der Waals surface area contributed by atoms with Gasteiger partial charge >= 0.3 is 0 Å². The Hall–Kier alpha value is -0.0500. The molecule has 0 unspecified atom stereocenters. The summed E-state index contributed by atoms with van der Waals surface area (Å²) in [6.07, 6.45) is -0.164. The smallest absolute Gasteiger partial charge is 0.200 e. The first-order valence-electron chi connectivity index (χ1n) is 1.54. The van der Waals surface area contributed by atoms with Gasteiger partial charge in [-0.15, -0.1) is 0 Å². The maximum absolute atomic E-state index is 11.4. The molecule has 1 saturated carbocycles. The van der Waals surface area contributed by atoms with Gasteiger partial charge in [0, 0.05) is 0 Å². The standard InChI is InChI=1S/C3H2F2S/c4-3(5)1-2(3)6/h1H2. The second-order valence-electron chi connectivity index (χ2n) is 1.30. The Kier molecular flexibility index (Phi) is 0.535. The van der Waals surface area contributed by atoms with E-state index in [0.717, 1.165) is 0 Å². The van der Waals surface area contributed by atoms with E-state index in [1.54, 1.807) is 0 Å². The molecule has 0 aromatic heterocycles. The number of hydrogen-bond donors (Lipinski definition) is 0. The van der Waals surface area contributed by atoms with Crippen LogP contribution in [0.15, 0.2) is 0 Å². The van der Waals surface area contributed by atoms with E-state index < -0.39 is 5.92 Å². The van der Waals surface area contributed by atoms with Gasteiger partial charge in [0.1, 0.15) is 0 Å². The summed E-state index contributed by atoms with van der Waals surface area (Å²) in [6.45, 7) is 0. The van der Waals surface area contributed by atoms with Gasteiger partial charge < -0.3 is 0 Å².